The van der Waals surface area contributed by atoms with E-state index in [4.69, 9.17) is 0 Å². The molecular weight excluding hydrogens is 551 g/mol. The molecule has 0 aliphatic heterocycles. The largest absolute Gasteiger partial charge is 0.325 e. The predicted molar refractivity (Wildman–Crippen MR) is 127 cm³/mol. The Morgan fingerprint density at radius 3 is 2.71 bits per heavy atom. The van der Waals surface area contributed by atoms with Crippen molar-refractivity contribution in [2.75, 3.05) is 11.1 Å². The van der Waals surface area contributed by atoms with Gasteiger partial charge in [-0.25, -0.2) is 0 Å². The van der Waals surface area contributed by atoms with E-state index in [1.165, 1.54) is 11.8 Å². The summed E-state index contributed by atoms with van der Waals surface area (Å²) in [5.41, 5.74) is 2.83. The molecule has 2 aromatic carbocycles. The summed E-state index contributed by atoms with van der Waals surface area (Å²) in [7, 11) is 0. The molecule has 0 fully saturated rings. The summed E-state index contributed by atoms with van der Waals surface area (Å²) >= 11 is 7.06. The van der Waals surface area contributed by atoms with Crippen molar-refractivity contribution in [2.24, 2.45) is 0 Å². The minimum absolute atomic E-state index is 0.0762. The van der Waals surface area contributed by atoms with Crippen LogP contribution >= 0.6 is 50.3 Å². The lowest BCUT2D eigenvalue weighted by Gasteiger charge is -2.10. The van der Waals surface area contributed by atoms with Crippen molar-refractivity contribution in [3.05, 3.63) is 68.7 Å². The van der Waals surface area contributed by atoms with Crippen LogP contribution in [-0.2, 0) is 11.3 Å². The number of hydrogen-bond donors (Lipinski definition) is 1. The van der Waals surface area contributed by atoms with Gasteiger partial charge in [0.15, 0.2) is 11.0 Å². The average molecular weight is 569 g/mol. The highest BCUT2D eigenvalue weighted by Gasteiger charge is 2.15. The fourth-order valence-corrected chi connectivity index (χ4v) is 4.24. The van der Waals surface area contributed by atoms with Gasteiger partial charge in [0.1, 0.15) is 0 Å². The smallest absolute Gasteiger partial charge is 0.234 e. The first-order valence-electron chi connectivity index (χ1n) is 8.46. The Balaban J connectivity index is 1.72. The van der Waals surface area contributed by atoms with Crippen LogP contribution in [0.5, 0.6) is 0 Å². The summed E-state index contributed by atoms with van der Waals surface area (Å²) in [6.07, 6.45) is 1.80. The number of carbonyl (C=O) groups is 1. The van der Waals surface area contributed by atoms with Crippen molar-refractivity contribution in [1.82, 2.24) is 14.8 Å². The maximum Gasteiger partial charge on any atom is 0.234 e. The van der Waals surface area contributed by atoms with Gasteiger partial charge < -0.3 is 5.32 Å². The van der Waals surface area contributed by atoms with Gasteiger partial charge in [-0.15, -0.1) is 16.8 Å². The maximum absolute atomic E-state index is 12.4. The predicted octanol–water partition coefficient (Wildman–Crippen LogP) is 5.54. The third-order valence-corrected chi connectivity index (χ3v) is 6.09. The molecule has 0 radical (unpaired) electrons. The van der Waals surface area contributed by atoms with Crippen LogP contribution in [0.1, 0.15) is 5.56 Å². The molecule has 0 spiro atoms. The first-order valence-corrected chi connectivity index (χ1v) is 11.3. The van der Waals surface area contributed by atoms with E-state index in [-0.39, 0.29) is 11.7 Å². The number of nitrogens with zero attached hydrogens (tertiary/aromatic N) is 3. The molecule has 5 nitrogen and oxygen atoms in total. The molecule has 3 rings (SSSR count). The third kappa shape index (κ3) is 5.24. The lowest BCUT2D eigenvalue weighted by molar-refractivity contribution is -0.113. The summed E-state index contributed by atoms with van der Waals surface area (Å²) in [6, 6.07) is 13.8. The molecule has 0 unspecified atom stereocenters. The van der Waals surface area contributed by atoms with Crippen LogP contribution in [0.3, 0.4) is 0 Å². The molecule has 3 aromatic rings. The van der Waals surface area contributed by atoms with E-state index >= 15 is 0 Å². The molecule has 28 heavy (non-hydrogen) atoms. The van der Waals surface area contributed by atoms with Crippen LogP contribution in [-0.4, -0.2) is 26.4 Å². The number of nitrogens with one attached hydrogen (secondary N) is 1. The number of aromatic nitrogens is 3. The summed E-state index contributed by atoms with van der Waals surface area (Å²) in [5, 5.41) is 12.2. The highest BCUT2D eigenvalue weighted by molar-refractivity contribution is 14.1. The second-order valence-electron chi connectivity index (χ2n) is 6.01. The van der Waals surface area contributed by atoms with Gasteiger partial charge in [-0.05, 0) is 65.4 Å². The number of carbonyl (C=O) groups excluding carboxylic acids is 1. The van der Waals surface area contributed by atoms with Gasteiger partial charge >= 0.3 is 0 Å². The van der Waals surface area contributed by atoms with Crippen molar-refractivity contribution in [2.45, 2.75) is 18.6 Å². The fraction of sp³-hybridized carbons (Fsp3) is 0.150. The highest BCUT2D eigenvalue weighted by Crippen LogP contribution is 2.26. The van der Waals surface area contributed by atoms with Crippen LogP contribution in [0, 0.1) is 10.5 Å². The molecule has 0 saturated carbocycles. The SMILES string of the molecule is C=CCn1c(SCC(=O)Nc2ccc(I)cc2C)nnc1-c1ccc(Br)cc1. The first-order chi connectivity index (χ1) is 13.5. The van der Waals surface area contributed by atoms with Gasteiger partial charge in [-0.3, -0.25) is 9.36 Å². The number of thioether (sulfide) groups is 1. The molecular formula is C20H18BrIN4OS. The molecule has 0 atom stereocenters. The lowest BCUT2D eigenvalue weighted by Crippen LogP contribution is -2.15. The molecule has 0 bridgehead atoms. The lowest BCUT2D eigenvalue weighted by atomic mass is 10.2. The van der Waals surface area contributed by atoms with E-state index < -0.39 is 0 Å². The Labute approximate surface area is 190 Å². The minimum atomic E-state index is -0.0762. The second kappa shape index (κ2) is 9.71. The third-order valence-electron chi connectivity index (χ3n) is 3.93. The summed E-state index contributed by atoms with van der Waals surface area (Å²) in [4.78, 5) is 12.4. The molecule has 144 valence electrons. The first kappa shape index (κ1) is 21.1. The number of halogens is 2. The van der Waals surface area contributed by atoms with Crippen molar-refractivity contribution >= 4 is 61.9 Å². The standard InChI is InChI=1S/C20H18BrIN4OS/c1-3-10-26-19(14-4-6-15(21)7-5-14)24-25-20(26)28-12-18(27)23-17-9-8-16(22)11-13(17)2/h3-9,11H,1,10,12H2,2H3,(H,23,27). The zero-order chi connectivity index (χ0) is 20.1. The van der Waals surface area contributed by atoms with Gasteiger partial charge in [0.25, 0.3) is 0 Å². The zero-order valence-electron chi connectivity index (χ0n) is 15.2. The quantitative estimate of drug-likeness (QED) is 0.231. The Morgan fingerprint density at radius 1 is 1.29 bits per heavy atom. The minimum Gasteiger partial charge on any atom is -0.325 e. The van der Waals surface area contributed by atoms with Crippen LogP contribution in [0.15, 0.2) is 64.7 Å². The number of benzene rings is 2. The summed E-state index contributed by atoms with van der Waals surface area (Å²) < 4.78 is 4.10. The maximum atomic E-state index is 12.4. The number of rotatable bonds is 7. The van der Waals surface area contributed by atoms with Crippen molar-refractivity contribution in [3.63, 3.8) is 0 Å². The van der Waals surface area contributed by atoms with Crippen molar-refractivity contribution in [1.29, 1.82) is 0 Å². The molecule has 8 heteroatoms. The summed E-state index contributed by atoms with van der Waals surface area (Å²) in [5.74, 6) is 0.928. The number of aryl methyl sites for hydroxylation is 1. The van der Waals surface area contributed by atoms with Crippen LogP contribution in [0.2, 0.25) is 0 Å². The number of allylic oxidation sites excluding steroid dienone is 1. The Hall–Kier alpha value is -1.65. The van der Waals surface area contributed by atoms with Crippen molar-refractivity contribution in [3.8, 4) is 11.4 Å². The molecule has 0 saturated heterocycles. The number of hydrogen-bond acceptors (Lipinski definition) is 4. The summed E-state index contributed by atoms with van der Waals surface area (Å²) in [6.45, 7) is 6.37. The Kier molecular flexibility index (Phi) is 7.30. The van der Waals surface area contributed by atoms with Gasteiger partial charge in [-0.1, -0.05) is 45.9 Å². The van der Waals surface area contributed by atoms with Gasteiger partial charge in [-0.2, -0.15) is 0 Å². The average Bonchev–Trinajstić information content (AvgIpc) is 3.06. The molecule has 0 aliphatic rings. The number of anilines is 1. The van der Waals surface area contributed by atoms with E-state index in [2.05, 4.69) is 60.6 Å². The molecule has 1 aromatic heterocycles. The highest BCUT2D eigenvalue weighted by atomic mass is 127. The van der Waals surface area contributed by atoms with Crippen LogP contribution in [0.4, 0.5) is 5.69 Å². The fourth-order valence-electron chi connectivity index (χ4n) is 2.59. The second-order valence-corrected chi connectivity index (χ2v) is 9.11. The molecule has 0 aliphatic carbocycles. The monoisotopic (exact) mass is 568 g/mol. The van der Waals surface area contributed by atoms with E-state index in [1.807, 2.05) is 54.0 Å². The van der Waals surface area contributed by atoms with Gasteiger partial charge in [0.05, 0.1) is 5.75 Å². The molecule has 1 amide bonds. The topological polar surface area (TPSA) is 59.8 Å². The van der Waals surface area contributed by atoms with Gasteiger partial charge in [0.2, 0.25) is 5.91 Å². The molecule has 1 heterocycles. The molecule has 1 N–H and O–H groups in total. The van der Waals surface area contributed by atoms with E-state index in [1.54, 1.807) is 6.08 Å². The number of amides is 1. The Bertz CT molecular complexity index is 1000. The normalized spacial score (nSPS) is 10.7. The Morgan fingerprint density at radius 2 is 2.04 bits per heavy atom. The van der Waals surface area contributed by atoms with E-state index in [9.17, 15) is 4.79 Å². The zero-order valence-corrected chi connectivity index (χ0v) is 19.7. The van der Waals surface area contributed by atoms with Crippen LogP contribution < -0.4 is 5.32 Å². The van der Waals surface area contributed by atoms with E-state index in [0.717, 1.165) is 30.7 Å². The van der Waals surface area contributed by atoms with Gasteiger partial charge in [0, 0.05) is 25.8 Å². The van der Waals surface area contributed by atoms with Crippen molar-refractivity contribution < 1.29 is 4.79 Å². The van der Waals surface area contributed by atoms with E-state index in [0.29, 0.717) is 11.7 Å². The van der Waals surface area contributed by atoms with Crippen LogP contribution in [0.25, 0.3) is 11.4 Å².